The second kappa shape index (κ2) is 9.71. The lowest BCUT2D eigenvalue weighted by molar-refractivity contribution is -0.139. The highest BCUT2D eigenvalue weighted by Gasteiger charge is 2.26. The van der Waals surface area contributed by atoms with Gasteiger partial charge in [0.05, 0.1) is 6.54 Å². The molecule has 0 spiro atoms. The SMILES string of the molecule is C[C@@H](Oc1ccc(Cl)cc1)C(=O)N1CCN(CC(=O)Nc2cccc(F)c2)CC1. The summed E-state index contributed by atoms with van der Waals surface area (Å²) in [6.07, 6.45) is -0.612. The molecule has 0 unspecified atom stereocenters. The highest BCUT2D eigenvalue weighted by atomic mass is 35.5. The molecule has 1 aliphatic rings. The lowest BCUT2D eigenvalue weighted by Gasteiger charge is -2.35. The van der Waals surface area contributed by atoms with Gasteiger partial charge in [-0.05, 0) is 49.4 Å². The fraction of sp³-hybridized carbons (Fsp3) is 0.333. The number of benzene rings is 2. The van der Waals surface area contributed by atoms with Crippen LogP contribution in [0.2, 0.25) is 5.02 Å². The van der Waals surface area contributed by atoms with Gasteiger partial charge in [0.25, 0.3) is 5.91 Å². The molecule has 3 rings (SSSR count). The average molecular weight is 420 g/mol. The number of hydrogen-bond acceptors (Lipinski definition) is 4. The van der Waals surface area contributed by atoms with Crippen molar-refractivity contribution in [2.75, 3.05) is 38.0 Å². The molecule has 2 aromatic rings. The molecule has 1 heterocycles. The summed E-state index contributed by atoms with van der Waals surface area (Å²) >= 11 is 5.85. The topological polar surface area (TPSA) is 61.9 Å². The minimum Gasteiger partial charge on any atom is -0.481 e. The Kier molecular flexibility index (Phi) is 7.06. The van der Waals surface area contributed by atoms with E-state index in [2.05, 4.69) is 5.32 Å². The smallest absolute Gasteiger partial charge is 0.263 e. The molecule has 0 radical (unpaired) electrons. The predicted molar refractivity (Wildman–Crippen MR) is 110 cm³/mol. The van der Waals surface area contributed by atoms with Crippen LogP contribution in [0.5, 0.6) is 5.75 Å². The summed E-state index contributed by atoms with van der Waals surface area (Å²) in [5.74, 6) is -0.119. The van der Waals surface area contributed by atoms with Gasteiger partial charge in [-0.3, -0.25) is 14.5 Å². The summed E-state index contributed by atoms with van der Waals surface area (Å²) in [7, 11) is 0. The van der Waals surface area contributed by atoms with Crippen molar-refractivity contribution in [1.29, 1.82) is 0 Å². The van der Waals surface area contributed by atoms with Crippen LogP contribution in [-0.4, -0.2) is 60.4 Å². The van der Waals surface area contributed by atoms with Gasteiger partial charge in [0.15, 0.2) is 6.10 Å². The van der Waals surface area contributed by atoms with Crippen LogP contribution in [0, 0.1) is 5.82 Å². The molecule has 1 N–H and O–H groups in total. The van der Waals surface area contributed by atoms with E-state index in [4.69, 9.17) is 16.3 Å². The quantitative estimate of drug-likeness (QED) is 0.781. The lowest BCUT2D eigenvalue weighted by atomic mass is 10.2. The van der Waals surface area contributed by atoms with Gasteiger partial charge in [0.2, 0.25) is 5.91 Å². The zero-order valence-electron chi connectivity index (χ0n) is 16.1. The zero-order chi connectivity index (χ0) is 20.8. The standard InChI is InChI=1S/C21H23ClFN3O3/c1-15(29-19-7-5-16(22)6-8-19)21(28)26-11-9-25(10-12-26)14-20(27)24-18-4-2-3-17(23)13-18/h2-8,13,15H,9-12,14H2,1H3,(H,24,27)/t15-/m1/s1. The Hall–Kier alpha value is -2.64. The first kappa shape index (κ1) is 21.1. The Morgan fingerprint density at radius 2 is 1.83 bits per heavy atom. The number of ether oxygens (including phenoxy) is 1. The number of rotatable bonds is 6. The molecule has 154 valence electrons. The van der Waals surface area contributed by atoms with Crippen molar-refractivity contribution in [3.8, 4) is 5.75 Å². The van der Waals surface area contributed by atoms with E-state index in [9.17, 15) is 14.0 Å². The molecule has 1 fully saturated rings. The fourth-order valence-corrected chi connectivity index (χ4v) is 3.25. The fourth-order valence-electron chi connectivity index (χ4n) is 3.12. The number of nitrogens with zero attached hydrogens (tertiary/aromatic N) is 2. The van der Waals surface area contributed by atoms with E-state index >= 15 is 0 Å². The molecule has 1 aliphatic heterocycles. The molecule has 0 saturated carbocycles. The largest absolute Gasteiger partial charge is 0.481 e. The average Bonchev–Trinajstić information content (AvgIpc) is 2.69. The maximum Gasteiger partial charge on any atom is 0.263 e. The van der Waals surface area contributed by atoms with Crippen molar-refractivity contribution in [1.82, 2.24) is 9.80 Å². The minimum absolute atomic E-state index is 0.0937. The van der Waals surface area contributed by atoms with Crippen molar-refractivity contribution in [2.24, 2.45) is 0 Å². The molecular formula is C21H23ClFN3O3. The van der Waals surface area contributed by atoms with Gasteiger partial charge < -0.3 is 15.0 Å². The normalized spacial score (nSPS) is 15.6. The first-order chi connectivity index (χ1) is 13.9. The van der Waals surface area contributed by atoms with E-state index in [0.29, 0.717) is 42.6 Å². The van der Waals surface area contributed by atoms with Gasteiger partial charge in [0.1, 0.15) is 11.6 Å². The van der Waals surface area contributed by atoms with Gasteiger partial charge in [-0.25, -0.2) is 4.39 Å². The number of halogens is 2. The van der Waals surface area contributed by atoms with Crippen molar-refractivity contribution in [3.63, 3.8) is 0 Å². The number of anilines is 1. The second-order valence-electron chi connectivity index (χ2n) is 6.87. The van der Waals surface area contributed by atoms with Crippen LogP contribution in [0.1, 0.15) is 6.92 Å². The van der Waals surface area contributed by atoms with Crippen LogP contribution in [0.25, 0.3) is 0 Å². The molecule has 1 saturated heterocycles. The summed E-state index contributed by atoms with van der Waals surface area (Å²) in [4.78, 5) is 28.5. The molecule has 29 heavy (non-hydrogen) atoms. The Bertz CT molecular complexity index is 855. The predicted octanol–water partition coefficient (Wildman–Crippen LogP) is 3.03. The van der Waals surface area contributed by atoms with Crippen LogP contribution >= 0.6 is 11.6 Å². The van der Waals surface area contributed by atoms with Gasteiger partial charge in [-0.2, -0.15) is 0 Å². The molecule has 6 nitrogen and oxygen atoms in total. The monoisotopic (exact) mass is 419 g/mol. The first-order valence-electron chi connectivity index (χ1n) is 9.39. The number of nitrogens with one attached hydrogen (secondary N) is 1. The Morgan fingerprint density at radius 3 is 2.48 bits per heavy atom. The van der Waals surface area contributed by atoms with E-state index < -0.39 is 11.9 Å². The number of carbonyl (C=O) groups excluding carboxylic acids is 2. The number of amides is 2. The molecule has 0 aliphatic carbocycles. The van der Waals surface area contributed by atoms with Gasteiger partial charge >= 0.3 is 0 Å². The van der Waals surface area contributed by atoms with E-state index in [1.54, 1.807) is 48.2 Å². The maximum atomic E-state index is 13.2. The van der Waals surface area contributed by atoms with Gasteiger partial charge in [-0.15, -0.1) is 0 Å². The summed E-state index contributed by atoms with van der Waals surface area (Å²) in [6.45, 7) is 4.10. The van der Waals surface area contributed by atoms with Crippen LogP contribution < -0.4 is 10.1 Å². The zero-order valence-corrected chi connectivity index (χ0v) is 16.9. The van der Waals surface area contributed by atoms with E-state index in [1.807, 2.05) is 4.90 Å². The number of carbonyl (C=O) groups is 2. The van der Waals surface area contributed by atoms with E-state index in [-0.39, 0.29) is 18.4 Å². The summed E-state index contributed by atoms with van der Waals surface area (Å²) < 4.78 is 18.9. The molecule has 2 aromatic carbocycles. The van der Waals surface area contributed by atoms with Crippen LogP contribution in [-0.2, 0) is 9.59 Å². The third-order valence-electron chi connectivity index (χ3n) is 4.63. The lowest BCUT2D eigenvalue weighted by Crippen LogP contribution is -2.53. The summed E-state index contributed by atoms with van der Waals surface area (Å²) in [6, 6.07) is 12.6. The third-order valence-corrected chi connectivity index (χ3v) is 4.89. The molecule has 1 atom stereocenters. The molecular weight excluding hydrogens is 397 g/mol. The Balaban J connectivity index is 1.43. The van der Waals surface area contributed by atoms with Crippen LogP contribution in [0.4, 0.5) is 10.1 Å². The molecule has 0 aromatic heterocycles. The van der Waals surface area contributed by atoms with Crippen molar-refractivity contribution < 1.29 is 18.7 Å². The maximum absolute atomic E-state index is 13.2. The Morgan fingerprint density at radius 1 is 1.14 bits per heavy atom. The molecule has 0 bridgehead atoms. The van der Waals surface area contributed by atoms with E-state index in [0.717, 1.165) is 0 Å². The molecule has 8 heteroatoms. The van der Waals surface area contributed by atoms with Crippen molar-refractivity contribution >= 4 is 29.1 Å². The highest BCUT2D eigenvalue weighted by Crippen LogP contribution is 2.18. The minimum atomic E-state index is -0.612. The van der Waals surface area contributed by atoms with Crippen molar-refractivity contribution in [2.45, 2.75) is 13.0 Å². The molecule has 2 amide bonds. The van der Waals surface area contributed by atoms with Gasteiger partial charge in [-0.1, -0.05) is 17.7 Å². The highest BCUT2D eigenvalue weighted by molar-refractivity contribution is 6.30. The van der Waals surface area contributed by atoms with Crippen LogP contribution in [0.3, 0.4) is 0 Å². The number of piperazine rings is 1. The Labute approximate surface area is 174 Å². The van der Waals surface area contributed by atoms with Gasteiger partial charge in [0, 0.05) is 36.9 Å². The first-order valence-corrected chi connectivity index (χ1v) is 9.77. The van der Waals surface area contributed by atoms with E-state index in [1.165, 1.54) is 12.1 Å². The number of hydrogen-bond donors (Lipinski definition) is 1. The third kappa shape index (κ3) is 6.17. The second-order valence-corrected chi connectivity index (χ2v) is 7.31. The summed E-state index contributed by atoms with van der Waals surface area (Å²) in [5, 5.41) is 3.29. The summed E-state index contributed by atoms with van der Waals surface area (Å²) in [5.41, 5.74) is 0.428. The van der Waals surface area contributed by atoms with Crippen LogP contribution in [0.15, 0.2) is 48.5 Å². The van der Waals surface area contributed by atoms with Crippen molar-refractivity contribution in [3.05, 3.63) is 59.4 Å².